The highest BCUT2D eigenvalue weighted by molar-refractivity contribution is 9.10. The maximum atomic E-state index is 11.8. The van der Waals surface area contributed by atoms with E-state index in [1.165, 1.54) is 4.57 Å². The second kappa shape index (κ2) is 5.33. The molecule has 0 aliphatic rings. The van der Waals surface area contributed by atoms with E-state index in [0.29, 0.717) is 30.0 Å². The van der Waals surface area contributed by atoms with E-state index in [1.54, 1.807) is 0 Å². The number of nitrogens with zero attached hydrogens (tertiary/aromatic N) is 2. The van der Waals surface area contributed by atoms with Crippen LogP contribution in [0.2, 0.25) is 0 Å². The third kappa shape index (κ3) is 2.56. The molecule has 108 valence electrons. The smallest absolute Gasteiger partial charge is 0.330 e. The molecule has 0 bridgehead atoms. The number of halogens is 1. The van der Waals surface area contributed by atoms with Crippen molar-refractivity contribution in [1.82, 2.24) is 19.5 Å². The molecular weight excluding hydrogens is 336 g/mol. The molecule has 0 unspecified atom stereocenters. The van der Waals surface area contributed by atoms with Crippen molar-refractivity contribution in [2.75, 3.05) is 0 Å². The van der Waals surface area contributed by atoms with Crippen molar-refractivity contribution in [3.05, 3.63) is 61.0 Å². The molecule has 2 N–H and O–H groups in total. The predicted molar refractivity (Wildman–Crippen MR) is 83.6 cm³/mol. The molecule has 2 aromatic heterocycles. The first kappa shape index (κ1) is 13.8. The highest BCUT2D eigenvalue weighted by Crippen LogP contribution is 2.15. The zero-order chi connectivity index (χ0) is 15.0. The van der Waals surface area contributed by atoms with Gasteiger partial charge in [-0.05, 0) is 24.6 Å². The van der Waals surface area contributed by atoms with Crippen molar-refractivity contribution in [2.24, 2.45) is 0 Å². The Balaban J connectivity index is 2.11. The first-order chi connectivity index (χ1) is 10.1. The van der Waals surface area contributed by atoms with Crippen LogP contribution in [-0.4, -0.2) is 19.5 Å². The molecule has 21 heavy (non-hydrogen) atoms. The molecule has 0 saturated carbocycles. The standard InChI is InChI=1S/C14H13BrN4O2/c1-2-19-12-11(13(20)18-14(19)21)16-10(17-12)7-8-4-3-5-9(15)6-8/h3-6H,2,7H2,1H3,(H,16,17)(H,18,20,21). The van der Waals surface area contributed by atoms with Gasteiger partial charge < -0.3 is 4.98 Å². The number of imidazole rings is 1. The Kier molecular flexibility index (Phi) is 3.50. The van der Waals surface area contributed by atoms with Crippen LogP contribution >= 0.6 is 15.9 Å². The molecule has 0 saturated heterocycles. The van der Waals surface area contributed by atoms with Gasteiger partial charge in [-0.3, -0.25) is 14.3 Å². The zero-order valence-corrected chi connectivity index (χ0v) is 12.9. The van der Waals surface area contributed by atoms with Gasteiger partial charge in [0.1, 0.15) is 11.3 Å². The van der Waals surface area contributed by atoms with E-state index in [2.05, 4.69) is 30.9 Å². The summed E-state index contributed by atoms with van der Waals surface area (Å²) in [6, 6.07) is 7.86. The van der Waals surface area contributed by atoms with E-state index in [0.717, 1.165) is 10.0 Å². The fourth-order valence-corrected chi connectivity index (χ4v) is 2.75. The highest BCUT2D eigenvalue weighted by atomic mass is 79.9. The summed E-state index contributed by atoms with van der Waals surface area (Å²) in [5.41, 5.74) is 0.922. The number of aryl methyl sites for hydroxylation is 1. The SMILES string of the molecule is CCn1c(=O)[nH]c(=O)c2[nH]c(Cc3cccc(Br)c3)nc21. The minimum atomic E-state index is -0.437. The van der Waals surface area contributed by atoms with Crippen molar-refractivity contribution >= 4 is 27.1 Å². The van der Waals surface area contributed by atoms with Crippen molar-refractivity contribution in [2.45, 2.75) is 19.9 Å². The molecule has 0 fully saturated rings. The van der Waals surface area contributed by atoms with Gasteiger partial charge in [-0.25, -0.2) is 9.78 Å². The molecule has 3 aromatic rings. The van der Waals surface area contributed by atoms with Crippen molar-refractivity contribution in [3.63, 3.8) is 0 Å². The highest BCUT2D eigenvalue weighted by Gasteiger charge is 2.12. The van der Waals surface area contributed by atoms with Gasteiger partial charge in [0.25, 0.3) is 5.56 Å². The van der Waals surface area contributed by atoms with Gasteiger partial charge in [-0.15, -0.1) is 0 Å². The predicted octanol–water partition coefficient (Wildman–Crippen LogP) is 1.79. The molecule has 0 atom stereocenters. The molecule has 2 heterocycles. The molecule has 0 radical (unpaired) electrons. The summed E-state index contributed by atoms with van der Waals surface area (Å²) in [5.74, 6) is 0.654. The number of benzene rings is 1. The van der Waals surface area contributed by atoms with Gasteiger partial charge in [0, 0.05) is 17.4 Å². The second-order valence-electron chi connectivity index (χ2n) is 4.69. The minimum absolute atomic E-state index is 0.335. The average molecular weight is 349 g/mol. The lowest BCUT2D eigenvalue weighted by atomic mass is 10.1. The summed E-state index contributed by atoms with van der Waals surface area (Å²) in [6.07, 6.45) is 0.561. The van der Waals surface area contributed by atoms with Crippen molar-refractivity contribution in [3.8, 4) is 0 Å². The van der Waals surface area contributed by atoms with Crippen molar-refractivity contribution < 1.29 is 0 Å². The van der Waals surface area contributed by atoms with E-state index in [9.17, 15) is 9.59 Å². The number of aromatic nitrogens is 4. The molecule has 0 aliphatic carbocycles. The number of aromatic amines is 2. The summed E-state index contributed by atoms with van der Waals surface area (Å²) in [5, 5.41) is 0. The van der Waals surface area contributed by atoms with E-state index < -0.39 is 11.2 Å². The van der Waals surface area contributed by atoms with E-state index in [4.69, 9.17) is 0 Å². The summed E-state index contributed by atoms with van der Waals surface area (Å²) in [4.78, 5) is 33.3. The lowest BCUT2D eigenvalue weighted by molar-refractivity contribution is 0.719. The second-order valence-corrected chi connectivity index (χ2v) is 5.61. The molecule has 7 heteroatoms. The molecular formula is C14H13BrN4O2. The fourth-order valence-electron chi connectivity index (χ4n) is 2.31. The fraction of sp³-hybridized carbons (Fsp3) is 0.214. The Morgan fingerprint density at radius 3 is 2.81 bits per heavy atom. The van der Waals surface area contributed by atoms with Crippen LogP contribution in [0.1, 0.15) is 18.3 Å². The van der Waals surface area contributed by atoms with Crippen molar-refractivity contribution in [1.29, 1.82) is 0 Å². The normalized spacial score (nSPS) is 11.1. The third-order valence-electron chi connectivity index (χ3n) is 3.26. The lowest BCUT2D eigenvalue weighted by Crippen LogP contribution is -2.29. The minimum Gasteiger partial charge on any atom is -0.336 e. The summed E-state index contributed by atoms with van der Waals surface area (Å²) < 4.78 is 2.43. The summed E-state index contributed by atoms with van der Waals surface area (Å²) in [6.45, 7) is 2.29. The third-order valence-corrected chi connectivity index (χ3v) is 3.75. The molecule has 0 aliphatic heterocycles. The Morgan fingerprint density at radius 2 is 2.10 bits per heavy atom. The van der Waals surface area contributed by atoms with Crippen LogP contribution in [0.3, 0.4) is 0 Å². The van der Waals surface area contributed by atoms with Crippen LogP contribution in [-0.2, 0) is 13.0 Å². The van der Waals surface area contributed by atoms with Crippen LogP contribution in [0.4, 0.5) is 0 Å². The van der Waals surface area contributed by atoms with Gasteiger partial charge in [0.05, 0.1) is 0 Å². The number of hydrogen-bond acceptors (Lipinski definition) is 3. The maximum Gasteiger partial charge on any atom is 0.330 e. The number of hydrogen-bond donors (Lipinski definition) is 2. The zero-order valence-electron chi connectivity index (χ0n) is 11.3. The number of fused-ring (bicyclic) bond motifs is 1. The van der Waals surface area contributed by atoms with Crippen LogP contribution < -0.4 is 11.2 Å². The summed E-state index contributed by atoms with van der Waals surface area (Å²) in [7, 11) is 0. The van der Waals surface area contributed by atoms with Crippen LogP contribution in [0.25, 0.3) is 11.2 Å². The van der Waals surface area contributed by atoms with E-state index in [-0.39, 0.29) is 0 Å². The van der Waals surface area contributed by atoms with Crippen LogP contribution in [0.5, 0.6) is 0 Å². The Hall–Kier alpha value is -2.15. The van der Waals surface area contributed by atoms with Gasteiger partial charge in [-0.2, -0.15) is 0 Å². The number of nitrogens with one attached hydrogen (secondary N) is 2. The molecule has 3 rings (SSSR count). The average Bonchev–Trinajstić information content (AvgIpc) is 2.83. The Labute approximate surface area is 128 Å². The monoisotopic (exact) mass is 348 g/mol. The van der Waals surface area contributed by atoms with Gasteiger partial charge in [0.15, 0.2) is 5.65 Å². The first-order valence-corrected chi connectivity index (χ1v) is 7.34. The largest absolute Gasteiger partial charge is 0.336 e. The molecule has 1 aromatic carbocycles. The number of rotatable bonds is 3. The molecule has 0 spiro atoms. The molecule has 0 amide bonds. The molecule has 6 nitrogen and oxygen atoms in total. The summed E-state index contributed by atoms with van der Waals surface area (Å²) >= 11 is 3.42. The van der Waals surface area contributed by atoms with E-state index in [1.807, 2.05) is 31.2 Å². The quantitative estimate of drug-likeness (QED) is 0.756. The topological polar surface area (TPSA) is 83.5 Å². The van der Waals surface area contributed by atoms with E-state index >= 15 is 0 Å². The number of H-pyrrole nitrogens is 2. The van der Waals surface area contributed by atoms with Gasteiger partial charge in [-0.1, -0.05) is 28.1 Å². The Morgan fingerprint density at radius 1 is 1.29 bits per heavy atom. The Bertz CT molecular complexity index is 923. The lowest BCUT2D eigenvalue weighted by Gasteiger charge is -2.00. The van der Waals surface area contributed by atoms with Gasteiger partial charge in [0.2, 0.25) is 0 Å². The van der Waals surface area contributed by atoms with Crippen LogP contribution in [0, 0.1) is 0 Å². The van der Waals surface area contributed by atoms with Crippen LogP contribution in [0.15, 0.2) is 38.3 Å². The van der Waals surface area contributed by atoms with Gasteiger partial charge >= 0.3 is 5.69 Å². The first-order valence-electron chi connectivity index (χ1n) is 6.54. The maximum absolute atomic E-state index is 11.8.